The molecular formula is C14H11F4N. The van der Waals surface area contributed by atoms with E-state index in [9.17, 15) is 17.6 Å². The molecule has 2 rings (SSSR count). The molecule has 0 aliphatic rings. The molecule has 0 saturated carbocycles. The molecule has 0 unspecified atom stereocenters. The maximum Gasteiger partial charge on any atom is 0.416 e. The summed E-state index contributed by atoms with van der Waals surface area (Å²) in [5.74, 6) is -0.444. The molecule has 5 heteroatoms. The van der Waals surface area contributed by atoms with Gasteiger partial charge in [0.15, 0.2) is 0 Å². The van der Waals surface area contributed by atoms with E-state index in [4.69, 9.17) is 5.73 Å². The average Bonchev–Trinajstić information content (AvgIpc) is 2.37. The second-order valence-electron chi connectivity index (χ2n) is 4.08. The van der Waals surface area contributed by atoms with Crippen molar-refractivity contribution in [2.45, 2.75) is 12.7 Å². The van der Waals surface area contributed by atoms with Crippen molar-refractivity contribution >= 4 is 0 Å². The van der Waals surface area contributed by atoms with Gasteiger partial charge in [0.2, 0.25) is 0 Å². The van der Waals surface area contributed by atoms with E-state index >= 15 is 0 Å². The highest BCUT2D eigenvalue weighted by Crippen LogP contribution is 2.33. The molecule has 0 saturated heterocycles. The predicted molar refractivity (Wildman–Crippen MR) is 64.7 cm³/mol. The van der Waals surface area contributed by atoms with Gasteiger partial charge >= 0.3 is 6.18 Å². The number of hydrogen-bond acceptors (Lipinski definition) is 1. The van der Waals surface area contributed by atoms with E-state index < -0.39 is 17.6 Å². The van der Waals surface area contributed by atoms with Gasteiger partial charge in [0.1, 0.15) is 5.82 Å². The van der Waals surface area contributed by atoms with Crippen LogP contribution >= 0.6 is 0 Å². The molecule has 0 fully saturated rings. The van der Waals surface area contributed by atoms with Crippen LogP contribution < -0.4 is 5.73 Å². The summed E-state index contributed by atoms with van der Waals surface area (Å²) < 4.78 is 51.0. The minimum atomic E-state index is -4.41. The van der Waals surface area contributed by atoms with E-state index in [2.05, 4.69) is 0 Å². The third kappa shape index (κ3) is 2.93. The topological polar surface area (TPSA) is 26.0 Å². The molecule has 19 heavy (non-hydrogen) atoms. The summed E-state index contributed by atoms with van der Waals surface area (Å²) in [6.45, 7) is -0.0459. The van der Waals surface area contributed by atoms with E-state index in [0.717, 1.165) is 12.1 Å². The monoisotopic (exact) mass is 269 g/mol. The molecule has 0 aliphatic carbocycles. The number of hydrogen-bond donors (Lipinski definition) is 1. The van der Waals surface area contributed by atoms with Gasteiger partial charge in [0, 0.05) is 6.54 Å². The Hall–Kier alpha value is -1.88. The lowest BCUT2D eigenvalue weighted by Crippen LogP contribution is -2.08. The minimum absolute atomic E-state index is 0.0459. The van der Waals surface area contributed by atoms with Crippen LogP contribution in [0.15, 0.2) is 42.5 Å². The van der Waals surface area contributed by atoms with Crippen LogP contribution in [0.1, 0.15) is 11.1 Å². The van der Waals surface area contributed by atoms with Crippen LogP contribution in [0.2, 0.25) is 0 Å². The highest BCUT2D eigenvalue weighted by atomic mass is 19.4. The highest BCUT2D eigenvalue weighted by Gasteiger charge is 2.30. The van der Waals surface area contributed by atoms with Gasteiger partial charge in [0.25, 0.3) is 0 Å². The molecule has 2 N–H and O–H groups in total. The standard InChI is InChI=1S/C14H11F4N/c15-12-3-1-2-9(7-12)13-5-4-11(14(16,17)18)6-10(13)8-19/h1-7H,8,19H2. The van der Waals surface area contributed by atoms with Crippen LogP contribution in [-0.4, -0.2) is 0 Å². The van der Waals surface area contributed by atoms with Crippen molar-refractivity contribution in [1.82, 2.24) is 0 Å². The molecule has 0 spiro atoms. The summed E-state index contributed by atoms with van der Waals surface area (Å²) in [6.07, 6.45) is -4.41. The van der Waals surface area contributed by atoms with Crippen LogP contribution in [0.3, 0.4) is 0 Å². The first-order valence-electron chi connectivity index (χ1n) is 5.58. The van der Waals surface area contributed by atoms with Crippen LogP contribution in [-0.2, 0) is 12.7 Å². The van der Waals surface area contributed by atoms with Gasteiger partial charge in [-0.15, -0.1) is 0 Å². The van der Waals surface area contributed by atoms with Gasteiger partial charge < -0.3 is 5.73 Å². The van der Waals surface area contributed by atoms with Crippen molar-refractivity contribution < 1.29 is 17.6 Å². The first-order valence-corrected chi connectivity index (χ1v) is 5.58. The zero-order chi connectivity index (χ0) is 14.0. The Morgan fingerprint density at radius 1 is 1.00 bits per heavy atom. The highest BCUT2D eigenvalue weighted by molar-refractivity contribution is 5.68. The number of halogens is 4. The number of rotatable bonds is 2. The molecule has 2 aromatic rings. The van der Waals surface area contributed by atoms with Gasteiger partial charge in [-0.3, -0.25) is 0 Å². The van der Waals surface area contributed by atoms with Gasteiger partial charge in [-0.1, -0.05) is 18.2 Å². The zero-order valence-electron chi connectivity index (χ0n) is 9.84. The third-order valence-corrected chi connectivity index (χ3v) is 2.79. The fourth-order valence-corrected chi connectivity index (χ4v) is 1.88. The Bertz CT molecular complexity index is 590. The third-order valence-electron chi connectivity index (χ3n) is 2.79. The maximum absolute atomic E-state index is 13.1. The predicted octanol–water partition coefficient (Wildman–Crippen LogP) is 3.97. The van der Waals surface area contributed by atoms with E-state index in [1.54, 1.807) is 6.07 Å². The molecule has 0 atom stereocenters. The Morgan fingerprint density at radius 2 is 1.74 bits per heavy atom. The lowest BCUT2D eigenvalue weighted by atomic mass is 9.97. The van der Waals surface area contributed by atoms with Crippen LogP contribution in [0, 0.1) is 5.82 Å². The smallest absolute Gasteiger partial charge is 0.326 e. The molecule has 0 bridgehead atoms. The molecule has 0 amide bonds. The Kier molecular flexibility index (Phi) is 3.57. The van der Waals surface area contributed by atoms with Crippen molar-refractivity contribution in [2.75, 3.05) is 0 Å². The SMILES string of the molecule is NCc1cc(C(F)(F)F)ccc1-c1cccc(F)c1. The first-order chi connectivity index (χ1) is 8.91. The summed E-state index contributed by atoms with van der Waals surface area (Å²) in [5.41, 5.74) is 6.07. The number of alkyl halides is 3. The van der Waals surface area contributed by atoms with E-state index in [0.29, 0.717) is 16.7 Å². The van der Waals surface area contributed by atoms with E-state index in [1.807, 2.05) is 0 Å². The molecule has 0 radical (unpaired) electrons. The molecular weight excluding hydrogens is 258 g/mol. The van der Waals surface area contributed by atoms with Crippen LogP contribution in [0.4, 0.5) is 17.6 Å². The number of nitrogens with two attached hydrogens (primary N) is 1. The summed E-state index contributed by atoms with van der Waals surface area (Å²) in [4.78, 5) is 0. The average molecular weight is 269 g/mol. The first kappa shape index (κ1) is 13.5. The second kappa shape index (κ2) is 5.01. The van der Waals surface area contributed by atoms with Crippen molar-refractivity contribution in [1.29, 1.82) is 0 Å². The summed E-state index contributed by atoms with van der Waals surface area (Å²) in [7, 11) is 0. The Labute approximate surface area is 107 Å². The quantitative estimate of drug-likeness (QED) is 0.820. The van der Waals surface area contributed by atoms with Crippen molar-refractivity contribution in [3.63, 3.8) is 0 Å². The van der Waals surface area contributed by atoms with Crippen LogP contribution in [0.25, 0.3) is 11.1 Å². The fraction of sp³-hybridized carbons (Fsp3) is 0.143. The summed E-state index contributed by atoms with van der Waals surface area (Å²) >= 11 is 0. The van der Waals surface area contributed by atoms with Crippen molar-refractivity contribution in [3.8, 4) is 11.1 Å². The zero-order valence-corrected chi connectivity index (χ0v) is 9.84. The summed E-state index contributed by atoms with van der Waals surface area (Å²) in [5, 5.41) is 0. The molecule has 0 aromatic heterocycles. The Balaban J connectivity index is 2.53. The number of benzene rings is 2. The molecule has 0 aliphatic heterocycles. The van der Waals surface area contributed by atoms with Crippen LogP contribution in [0.5, 0.6) is 0 Å². The lowest BCUT2D eigenvalue weighted by molar-refractivity contribution is -0.137. The lowest BCUT2D eigenvalue weighted by Gasteiger charge is -2.12. The van der Waals surface area contributed by atoms with Gasteiger partial charge in [0.05, 0.1) is 5.56 Å². The molecule has 100 valence electrons. The van der Waals surface area contributed by atoms with Crippen molar-refractivity contribution in [2.24, 2.45) is 5.73 Å². The molecule has 2 aromatic carbocycles. The van der Waals surface area contributed by atoms with Crippen molar-refractivity contribution in [3.05, 3.63) is 59.4 Å². The maximum atomic E-state index is 13.1. The van der Waals surface area contributed by atoms with Gasteiger partial charge in [-0.2, -0.15) is 13.2 Å². The van der Waals surface area contributed by atoms with E-state index in [1.165, 1.54) is 24.3 Å². The van der Waals surface area contributed by atoms with Gasteiger partial charge in [-0.25, -0.2) is 4.39 Å². The minimum Gasteiger partial charge on any atom is -0.326 e. The Morgan fingerprint density at radius 3 is 2.32 bits per heavy atom. The molecule has 1 nitrogen and oxygen atoms in total. The molecule has 0 heterocycles. The second-order valence-corrected chi connectivity index (χ2v) is 4.08. The van der Waals surface area contributed by atoms with Gasteiger partial charge in [-0.05, 0) is 41.0 Å². The normalized spacial score (nSPS) is 11.6. The largest absolute Gasteiger partial charge is 0.416 e. The fourth-order valence-electron chi connectivity index (χ4n) is 1.88. The van der Waals surface area contributed by atoms with E-state index in [-0.39, 0.29) is 6.54 Å². The summed E-state index contributed by atoms with van der Waals surface area (Å²) in [6, 6.07) is 8.96.